The molecule has 0 spiro atoms. The molecule has 1 fully saturated rings. The Morgan fingerprint density at radius 2 is 2.15 bits per heavy atom. The number of piperidine rings is 1. The van der Waals surface area contributed by atoms with Crippen LogP contribution in [0.5, 0.6) is 0 Å². The molecule has 0 bridgehead atoms. The highest BCUT2D eigenvalue weighted by Gasteiger charge is 2.31. The van der Waals surface area contributed by atoms with Crippen molar-refractivity contribution in [2.45, 2.75) is 18.9 Å². The van der Waals surface area contributed by atoms with Gasteiger partial charge in [0, 0.05) is 25.2 Å². The molecule has 0 aliphatic carbocycles. The van der Waals surface area contributed by atoms with Crippen molar-refractivity contribution in [2.24, 2.45) is 0 Å². The maximum Gasteiger partial charge on any atom is 0.282 e. The predicted octanol–water partition coefficient (Wildman–Crippen LogP) is 1.76. The van der Waals surface area contributed by atoms with Crippen LogP contribution in [0.1, 0.15) is 12.8 Å². The smallest absolute Gasteiger partial charge is 0.282 e. The van der Waals surface area contributed by atoms with Gasteiger partial charge in [-0.25, -0.2) is 0 Å². The van der Waals surface area contributed by atoms with Crippen molar-refractivity contribution in [3.8, 4) is 0 Å². The molecule has 20 heavy (non-hydrogen) atoms. The van der Waals surface area contributed by atoms with E-state index in [1.807, 2.05) is 22.6 Å². The fourth-order valence-electron chi connectivity index (χ4n) is 2.00. The highest BCUT2D eigenvalue weighted by molar-refractivity contribution is 14.1. The number of likely N-dealkylation sites (tertiary alicyclic amines) is 1. The van der Waals surface area contributed by atoms with Crippen LogP contribution in [0.25, 0.3) is 0 Å². The monoisotopic (exact) mass is 389 g/mol. The molecule has 106 valence electrons. The molecule has 1 saturated heterocycles. The van der Waals surface area contributed by atoms with E-state index in [2.05, 4.69) is 5.32 Å². The zero-order valence-electron chi connectivity index (χ0n) is 10.6. The van der Waals surface area contributed by atoms with Crippen LogP contribution in [0.4, 0.5) is 11.4 Å². The molecular formula is C12H12IN3O4. The number of hydrogen-bond acceptors (Lipinski definition) is 5. The van der Waals surface area contributed by atoms with Gasteiger partial charge in [-0.1, -0.05) is 0 Å². The van der Waals surface area contributed by atoms with Crippen LogP contribution in [0.2, 0.25) is 0 Å². The minimum Gasteiger partial charge on any atom is -0.374 e. The van der Waals surface area contributed by atoms with E-state index in [1.54, 1.807) is 12.1 Å². The van der Waals surface area contributed by atoms with E-state index in [0.717, 1.165) is 4.90 Å². The van der Waals surface area contributed by atoms with Crippen molar-refractivity contribution in [3.05, 3.63) is 31.9 Å². The third-order valence-electron chi connectivity index (χ3n) is 3.13. The summed E-state index contributed by atoms with van der Waals surface area (Å²) in [6.07, 6.45) is 0.736. The third-order valence-corrected chi connectivity index (χ3v) is 4.00. The largest absolute Gasteiger partial charge is 0.374 e. The average molecular weight is 389 g/mol. The number of rotatable bonds is 3. The second-order valence-corrected chi connectivity index (χ2v) is 5.61. The number of hydrogen-bond donors (Lipinski definition) is 1. The Kier molecular flexibility index (Phi) is 4.21. The maximum atomic E-state index is 11.9. The molecule has 0 saturated carbocycles. The summed E-state index contributed by atoms with van der Waals surface area (Å²) in [5.74, 6) is -0.471. The van der Waals surface area contributed by atoms with Crippen molar-refractivity contribution in [1.82, 2.24) is 4.90 Å². The van der Waals surface area contributed by atoms with Crippen LogP contribution in [0, 0.1) is 13.7 Å². The minimum atomic E-state index is -0.477. The molecule has 1 unspecified atom stereocenters. The number of anilines is 1. The summed E-state index contributed by atoms with van der Waals surface area (Å²) in [4.78, 5) is 34.7. The molecule has 2 amide bonds. The van der Waals surface area contributed by atoms with Crippen molar-refractivity contribution in [2.75, 3.05) is 12.4 Å². The van der Waals surface area contributed by atoms with Gasteiger partial charge in [-0.05, 0) is 41.1 Å². The molecule has 2 rings (SSSR count). The Morgan fingerprint density at radius 3 is 2.75 bits per heavy atom. The second kappa shape index (κ2) is 5.73. The van der Waals surface area contributed by atoms with Gasteiger partial charge in [-0.3, -0.25) is 24.6 Å². The van der Waals surface area contributed by atoms with E-state index in [9.17, 15) is 19.7 Å². The summed E-state index contributed by atoms with van der Waals surface area (Å²) in [5.41, 5.74) is 0.652. The van der Waals surface area contributed by atoms with Gasteiger partial charge >= 0.3 is 0 Å². The highest BCUT2D eigenvalue weighted by Crippen LogP contribution is 2.25. The lowest BCUT2D eigenvalue weighted by molar-refractivity contribution is -0.385. The fraction of sp³-hybridized carbons (Fsp3) is 0.333. The van der Waals surface area contributed by atoms with E-state index in [0.29, 0.717) is 22.1 Å². The number of benzene rings is 1. The van der Waals surface area contributed by atoms with Crippen LogP contribution in [-0.4, -0.2) is 34.7 Å². The number of carbonyl (C=O) groups is 2. The highest BCUT2D eigenvalue weighted by atomic mass is 127. The zero-order valence-corrected chi connectivity index (χ0v) is 12.8. The number of carbonyl (C=O) groups excluding carboxylic acids is 2. The number of likely N-dealkylation sites (N-methyl/N-ethyl adjacent to an activating group) is 1. The molecular weight excluding hydrogens is 377 g/mol. The molecule has 0 aromatic heterocycles. The summed E-state index contributed by atoms with van der Waals surface area (Å²) in [6.45, 7) is 0. The number of nitro benzene ring substituents is 1. The molecule has 1 N–H and O–H groups in total. The van der Waals surface area contributed by atoms with Gasteiger partial charge in [0.15, 0.2) is 0 Å². The van der Waals surface area contributed by atoms with Gasteiger partial charge in [0.1, 0.15) is 6.04 Å². The van der Waals surface area contributed by atoms with Crippen molar-refractivity contribution >= 4 is 45.8 Å². The Balaban J connectivity index is 2.14. The van der Waals surface area contributed by atoms with Crippen LogP contribution in [-0.2, 0) is 9.59 Å². The Labute approximate surface area is 128 Å². The third kappa shape index (κ3) is 2.89. The first-order valence-corrected chi connectivity index (χ1v) is 6.99. The summed E-state index contributed by atoms with van der Waals surface area (Å²) in [6, 6.07) is 4.09. The number of amides is 2. The van der Waals surface area contributed by atoms with Gasteiger partial charge in [0.2, 0.25) is 5.91 Å². The lowest BCUT2D eigenvalue weighted by Crippen LogP contribution is -2.48. The van der Waals surface area contributed by atoms with E-state index < -0.39 is 11.0 Å². The zero-order chi connectivity index (χ0) is 14.9. The molecule has 7 nitrogen and oxygen atoms in total. The summed E-state index contributed by atoms with van der Waals surface area (Å²) in [5, 5.41) is 13.8. The standard InChI is InChI=1S/C12H12IN3O4/c1-15-11(17)5-3-9(12(15)18)14-7-2-4-10(16(19)20)8(13)6-7/h2,4,6,9,14H,3,5H2,1H3. The van der Waals surface area contributed by atoms with Gasteiger partial charge in [-0.15, -0.1) is 0 Å². The number of halogens is 1. The molecule has 1 aromatic rings. The summed E-state index contributed by atoms with van der Waals surface area (Å²) >= 11 is 1.88. The maximum absolute atomic E-state index is 11.9. The lowest BCUT2D eigenvalue weighted by atomic mass is 10.0. The molecule has 1 aliphatic heterocycles. The van der Waals surface area contributed by atoms with Crippen molar-refractivity contribution in [1.29, 1.82) is 0 Å². The topological polar surface area (TPSA) is 92.6 Å². The van der Waals surface area contributed by atoms with Crippen molar-refractivity contribution < 1.29 is 14.5 Å². The summed E-state index contributed by atoms with van der Waals surface area (Å²) in [7, 11) is 1.46. The Hall–Kier alpha value is -1.71. The van der Waals surface area contributed by atoms with Crippen molar-refractivity contribution in [3.63, 3.8) is 0 Å². The minimum absolute atomic E-state index is 0.0263. The van der Waals surface area contributed by atoms with Gasteiger partial charge < -0.3 is 5.32 Å². The van der Waals surface area contributed by atoms with Gasteiger partial charge in [-0.2, -0.15) is 0 Å². The fourth-order valence-corrected chi connectivity index (χ4v) is 2.71. The van der Waals surface area contributed by atoms with Crippen LogP contribution in [0.15, 0.2) is 18.2 Å². The first-order valence-electron chi connectivity index (χ1n) is 5.91. The number of nitrogens with zero attached hydrogens (tertiary/aromatic N) is 2. The van der Waals surface area contributed by atoms with Crippen LogP contribution in [0.3, 0.4) is 0 Å². The van der Waals surface area contributed by atoms with Crippen LogP contribution >= 0.6 is 22.6 Å². The molecule has 8 heteroatoms. The van der Waals surface area contributed by atoms with E-state index in [4.69, 9.17) is 0 Å². The number of nitro groups is 1. The normalized spacial score (nSPS) is 19.1. The molecule has 1 aromatic carbocycles. The van der Waals surface area contributed by atoms with E-state index in [-0.39, 0.29) is 17.5 Å². The first-order chi connectivity index (χ1) is 9.40. The molecule has 1 heterocycles. The van der Waals surface area contributed by atoms with Crippen LogP contribution < -0.4 is 5.32 Å². The Bertz CT molecular complexity index is 590. The van der Waals surface area contributed by atoms with Gasteiger partial charge in [0.05, 0.1) is 8.49 Å². The second-order valence-electron chi connectivity index (χ2n) is 4.45. The average Bonchev–Trinajstić information content (AvgIpc) is 2.39. The molecule has 1 atom stereocenters. The number of imide groups is 1. The summed E-state index contributed by atoms with van der Waals surface area (Å²) < 4.78 is 0.491. The number of nitrogens with one attached hydrogen (secondary N) is 1. The lowest BCUT2D eigenvalue weighted by Gasteiger charge is -2.28. The quantitative estimate of drug-likeness (QED) is 0.368. The molecule has 1 aliphatic rings. The van der Waals surface area contributed by atoms with Gasteiger partial charge in [0.25, 0.3) is 11.6 Å². The molecule has 0 radical (unpaired) electrons. The SMILES string of the molecule is CN1C(=O)CCC(Nc2ccc([N+](=O)[O-])c(I)c2)C1=O. The first kappa shape index (κ1) is 14.7. The van der Waals surface area contributed by atoms with E-state index >= 15 is 0 Å². The van der Waals surface area contributed by atoms with E-state index in [1.165, 1.54) is 13.1 Å². The predicted molar refractivity (Wildman–Crippen MR) is 80.2 cm³/mol. The Morgan fingerprint density at radius 1 is 1.45 bits per heavy atom.